The highest BCUT2D eigenvalue weighted by atomic mass is 32.1. The summed E-state index contributed by atoms with van der Waals surface area (Å²) < 4.78 is 5.67. The predicted octanol–water partition coefficient (Wildman–Crippen LogP) is 6.32. The van der Waals surface area contributed by atoms with Gasteiger partial charge >= 0.3 is 5.97 Å². The normalized spacial score (nSPS) is 12.8. The van der Waals surface area contributed by atoms with Crippen LogP contribution in [0.4, 0.5) is 10.8 Å². The molecule has 0 aliphatic rings. The lowest BCUT2D eigenvalue weighted by molar-refractivity contribution is -0.148. The molecule has 0 spiro atoms. The molecule has 2 unspecified atom stereocenters. The number of nitrogens with zero attached hydrogens (tertiary/aromatic N) is 2. The van der Waals surface area contributed by atoms with Crippen LogP contribution in [0.1, 0.15) is 55.5 Å². The quantitative estimate of drug-likeness (QED) is 0.377. The molecule has 1 aromatic heterocycles. The molecular weight excluding hydrogens is 420 g/mol. The predicted molar refractivity (Wildman–Crippen MR) is 129 cm³/mol. The van der Waals surface area contributed by atoms with E-state index in [0.29, 0.717) is 10.8 Å². The highest BCUT2D eigenvalue weighted by Gasteiger charge is 2.28. The van der Waals surface area contributed by atoms with Gasteiger partial charge in [0.2, 0.25) is 5.91 Å². The summed E-state index contributed by atoms with van der Waals surface area (Å²) >= 11 is 1.36. The minimum absolute atomic E-state index is 0.0771. The van der Waals surface area contributed by atoms with Crippen LogP contribution in [0.25, 0.3) is 0 Å². The first-order valence-corrected chi connectivity index (χ1v) is 11.7. The molecule has 168 valence electrons. The zero-order chi connectivity index (χ0) is 23.3. The van der Waals surface area contributed by atoms with Gasteiger partial charge in [0.1, 0.15) is 6.61 Å². The number of carbonyl (C=O) groups excluding carboxylic acids is 2. The van der Waals surface area contributed by atoms with Gasteiger partial charge in [-0.05, 0) is 37.0 Å². The molecule has 5 nitrogen and oxygen atoms in total. The standard InChI is InChI=1S/C26H30N2O3S/c1-6-18(3)24(21-10-8-7-9-11-21)25(30)31-15-22-16-32-26(27-22)28(20(5)29)23-13-12-17(2)14-19(23)4/h7-14,16,18,24H,6,15H2,1-5H3. The number of aromatic nitrogens is 1. The Morgan fingerprint density at radius 2 is 1.84 bits per heavy atom. The van der Waals surface area contributed by atoms with Crippen molar-refractivity contribution < 1.29 is 14.3 Å². The zero-order valence-corrected chi connectivity index (χ0v) is 20.1. The first kappa shape index (κ1) is 23.7. The van der Waals surface area contributed by atoms with Crippen LogP contribution in [0, 0.1) is 19.8 Å². The summed E-state index contributed by atoms with van der Waals surface area (Å²) in [6, 6.07) is 15.7. The molecule has 0 radical (unpaired) electrons. The summed E-state index contributed by atoms with van der Waals surface area (Å²) in [5.74, 6) is -0.523. The van der Waals surface area contributed by atoms with Gasteiger partial charge < -0.3 is 4.74 Å². The van der Waals surface area contributed by atoms with Crippen molar-refractivity contribution >= 4 is 34.0 Å². The number of ether oxygens (including phenoxy) is 1. The maximum atomic E-state index is 13.0. The second-order valence-corrected chi connectivity index (χ2v) is 8.98. The van der Waals surface area contributed by atoms with E-state index >= 15 is 0 Å². The van der Waals surface area contributed by atoms with Crippen LogP contribution in [0.15, 0.2) is 53.9 Å². The monoisotopic (exact) mass is 450 g/mol. The van der Waals surface area contributed by atoms with Gasteiger partial charge in [0.15, 0.2) is 5.13 Å². The summed E-state index contributed by atoms with van der Waals surface area (Å²) in [6.45, 7) is 9.74. The first-order chi connectivity index (χ1) is 15.3. The fraction of sp³-hybridized carbons (Fsp3) is 0.346. The Hall–Kier alpha value is -2.99. The fourth-order valence-corrected chi connectivity index (χ4v) is 4.62. The van der Waals surface area contributed by atoms with Crippen molar-refractivity contribution in [3.05, 3.63) is 76.3 Å². The molecule has 0 fully saturated rings. The van der Waals surface area contributed by atoms with Gasteiger partial charge in [-0.1, -0.05) is 68.3 Å². The lowest BCUT2D eigenvalue weighted by Crippen LogP contribution is -2.24. The molecule has 6 heteroatoms. The third-order valence-electron chi connectivity index (χ3n) is 5.63. The van der Waals surface area contributed by atoms with Crippen LogP contribution in [-0.4, -0.2) is 16.9 Å². The maximum absolute atomic E-state index is 13.0. The van der Waals surface area contributed by atoms with Crippen molar-refractivity contribution in [1.29, 1.82) is 0 Å². The van der Waals surface area contributed by atoms with Gasteiger partial charge in [-0.3, -0.25) is 14.5 Å². The number of amides is 1. The number of benzene rings is 2. The molecular formula is C26H30N2O3S. The van der Waals surface area contributed by atoms with Gasteiger partial charge in [0, 0.05) is 12.3 Å². The van der Waals surface area contributed by atoms with Crippen LogP contribution in [0.2, 0.25) is 0 Å². The summed E-state index contributed by atoms with van der Waals surface area (Å²) in [6.07, 6.45) is 0.874. The number of esters is 1. The smallest absolute Gasteiger partial charge is 0.314 e. The van der Waals surface area contributed by atoms with Gasteiger partial charge in [0.05, 0.1) is 17.3 Å². The molecule has 0 aliphatic carbocycles. The highest BCUT2D eigenvalue weighted by Crippen LogP contribution is 2.32. The molecule has 0 N–H and O–H groups in total. The van der Waals surface area contributed by atoms with E-state index in [1.807, 2.05) is 67.8 Å². The first-order valence-electron chi connectivity index (χ1n) is 10.9. The number of aryl methyl sites for hydroxylation is 2. The molecule has 32 heavy (non-hydrogen) atoms. The molecule has 0 aliphatic heterocycles. The third-order valence-corrected chi connectivity index (χ3v) is 6.50. The van der Waals surface area contributed by atoms with E-state index in [-0.39, 0.29) is 30.3 Å². The van der Waals surface area contributed by atoms with E-state index in [1.54, 1.807) is 4.90 Å². The maximum Gasteiger partial charge on any atom is 0.314 e. The van der Waals surface area contributed by atoms with Crippen molar-refractivity contribution in [3.63, 3.8) is 0 Å². The van der Waals surface area contributed by atoms with Crippen LogP contribution < -0.4 is 4.90 Å². The minimum atomic E-state index is -0.316. The summed E-state index contributed by atoms with van der Waals surface area (Å²) in [5.41, 5.74) is 4.54. The number of anilines is 2. The summed E-state index contributed by atoms with van der Waals surface area (Å²) in [7, 11) is 0. The van der Waals surface area contributed by atoms with Gasteiger partial charge in [0.25, 0.3) is 0 Å². The van der Waals surface area contributed by atoms with Gasteiger partial charge in [-0.15, -0.1) is 11.3 Å². The van der Waals surface area contributed by atoms with Crippen LogP contribution in [-0.2, 0) is 20.9 Å². The van der Waals surface area contributed by atoms with E-state index in [4.69, 9.17) is 4.74 Å². The SMILES string of the molecule is CCC(C)C(C(=O)OCc1csc(N(C(C)=O)c2ccc(C)cc2C)n1)c1ccccc1. The van der Waals surface area contributed by atoms with Crippen molar-refractivity contribution in [2.24, 2.45) is 5.92 Å². The Balaban J connectivity index is 1.76. The summed E-state index contributed by atoms with van der Waals surface area (Å²) in [4.78, 5) is 31.6. The Morgan fingerprint density at radius 1 is 1.12 bits per heavy atom. The Bertz CT molecular complexity index is 1080. The van der Waals surface area contributed by atoms with E-state index in [2.05, 4.69) is 18.8 Å². The summed E-state index contributed by atoms with van der Waals surface area (Å²) in [5, 5.41) is 2.40. The van der Waals surface area contributed by atoms with Crippen molar-refractivity contribution in [1.82, 2.24) is 4.98 Å². The lowest BCUT2D eigenvalue weighted by atomic mass is 9.86. The molecule has 1 heterocycles. The van der Waals surface area contributed by atoms with Crippen LogP contribution in [0.3, 0.4) is 0 Å². The molecule has 1 amide bonds. The van der Waals surface area contributed by atoms with E-state index < -0.39 is 0 Å². The molecule has 3 rings (SSSR count). The highest BCUT2D eigenvalue weighted by molar-refractivity contribution is 7.14. The van der Waals surface area contributed by atoms with Crippen molar-refractivity contribution in [2.75, 3.05) is 4.90 Å². The molecule has 2 aromatic carbocycles. The van der Waals surface area contributed by atoms with Crippen molar-refractivity contribution in [2.45, 2.75) is 53.6 Å². The van der Waals surface area contributed by atoms with Crippen molar-refractivity contribution in [3.8, 4) is 0 Å². The topological polar surface area (TPSA) is 59.5 Å². The second-order valence-electron chi connectivity index (χ2n) is 8.15. The third kappa shape index (κ3) is 5.43. The second kappa shape index (κ2) is 10.6. The number of thiazole rings is 1. The Labute approximate surface area is 194 Å². The van der Waals surface area contributed by atoms with Crippen LogP contribution >= 0.6 is 11.3 Å². The largest absolute Gasteiger partial charge is 0.459 e. The average molecular weight is 451 g/mol. The molecule has 0 saturated heterocycles. The van der Waals surface area contributed by atoms with Gasteiger partial charge in [-0.25, -0.2) is 4.98 Å². The number of hydrogen-bond acceptors (Lipinski definition) is 5. The Kier molecular flexibility index (Phi) is 7.80. The Morgan fingerprint density at radius 3 is 2.47 bits per heavy atom. The lowest BCUT2D eigenvalue weighted by Gasteiger charge is -2.22. The van der Waals surface area contributed by atoms with Crippen LogP contribution in [0.5, 0.6) is 0 Å². The van der Waals surface area contributed by atoms with Gasteiger partial charge in [-0.2, -0.15) is 0 Å². The zero-order valence-electron chi connectivity index (χ0n) is 19.3. The molecule has 0 saturated carbocycles. The van der Waals surface area contributed by atoms with E-state index in [0.717, 1.165) is 28.8 Å². The molecule has 2 atom stereocenters. The molecule has 0 bridgehead atoms. The fourth-order valence-electron chi connectivity index (χ4n) is 3.76. The number of rotatable bonds is 8. The number of carbonyl (C=O) groups is 2. The number of hydrogen-bond donors (Lipinski definition) is 0. The van der Waals surface area contributed by atoms with E-state index in [1.165, 1.54) is 18.3 Å². The average Bonchev–Trinajstić information content (AvgIpc) is 3.23. The van der Waals surface area contributed by atoms with E-state index in [9.17, 15) is 9.59 Å². The minimum Gasteiger partial charge on any atom is -0.459 e. The molecule has 3 aromatic rings.